The minimum Gasteiger partial charge on any atom is -0.497 e. The molecule has 1 aliphatic carbocycles. The van der Waals surface area contributed by atoms with E-state index >= 15 is 0 Å². The van der Waals surface area contributed by atoms with Crippen LogP contribution in [0.1, 0.15) is 42.9 Å². The minimum atomic E-state index is 0.103. The van der Waals surface area contributed by atoms with Crippen molar-refractivity contribution in [2.24, 2.45) is 10.7 Å². The summed E-state index contributed by atoms with van der Waals surface area (Å²) in [6.45, 7) is 1.40. The maximum atomic E-state index is 6.25. The first-order valence-corrected chi connectivity index (χ1v) is 9.63. The molecule has 142 valence electrons. The number of nitrogens with two attached hydrogens (primary N) is 1. The first-order chi connectivity index (χ1) is 13.2. The van der Waals surface area contributed by atoms with Gasteiger partial charge < -0.3 is 20.5 Å². The van der Waals surface area contributed by atoms with Gasteiger partial charge >= 0.3 is 0 Å². The second-order valence-electron chi connectivity index (χ2n) is 7.44. The topological polar surface area (TPSA) is 68.9 Å². The third-order valence-electron chi connectivity index (χ3n) is 5.85. The van der Waals surface area contributed by atoms with Crippen molar-refractivity contribution in [1.29, 1.82) is 0 Å². The second kappa shape index (κ2) is 7.51. The molecule has 0 radical (unpaired) electrons. The van der Waals surface area contributed by atoms with Crippen molar-refractivity contribution in [2.45, 2.75) is 37.1 Å². The standard InChI is InChI=1S/C22H27N3O2/c1-26-17-9-7-16(8-10-17)22(12-4-13-22)15-24-21(23)25-19-11-14-27-20-6-3-2-5-18(19)20/h2-3,5-10,19H,4,11-15H2,1H3,(H3,23,24,25). The molecule has 1 fully saturated rings. The molecular formula is C22H27N3O2. The summed E-state index contributed by atoms with van der Waals surface area (Å²) in [5.41, 5.74) is 8.82. The number of aliphatic imine (C=N–C) groups is 1. The summed E-state index contributed by atoms with van der Waals surface area (Å²) >= 11 is 0. The highest BCUT2D eigenvalue weighted by Crippen LogP contribution is 2.44. The lowest BCUT2D eigenvalue weighted by Crippen LogP contribution is -2.41. The Kier molecular flexibility index (Phi) is 4.92. The molecule has 4 rings (SSSR count). The smallest absolute Gasteiger partial charge is 0.189 e. The molecule has 5 heteroatoms. The van der Waals surface area contributed by atoms with Crippen molar-refractivity contribution >= 4 is 5.96 Å². The lowest BCUT2D eigenvalue weighted by molar-refractivity contribution is 0.252. The van der Waals surface area contributed by atoms with E-state index in [1.165, 1.54) is 12.0 Å². The van der Waals surface area contributed by atoms with Crippen molar-refractivity contribution in [1.82, 2.24) is 5.32 Å². The molecule has 0 saturated heterocycles. The number of rotatable bonds is 5. The van der Waals surface area contributed by atoms with E-state index in [-0.39, 0.29) is 11.5 Å². The normalized spacial score (nSPS) is 20.8. The van der Waals surface area contributed by atoms with Gasteiger partial charge in [-0.25, -0.2) is 0 Å². The molecule has 1 atom stereocenters. The SMILES string of the molecule is COc1ccc(C2(CN=C(N)NC3CCOc4ccccc43)CCC2)cc1. The number of nitrogens with one attached hydrogen (secondary N) is 1. The molecule has 1 unspecified atom stereocenters. The number of hydrogen-bond donors (Lipinski definition) is 2. The predicted molar refractivity (Wildman–Crippen MR) is 107 cm³/mol. The summed E-state index contributed by atoms with van der Waals surface area (Å²) in [5, 5.41) is 3.39. The van der Waals surface area contributed by atoms with Gasteiger partial charge in [-0.15, -0.1) is 0 Å². The molecule has 0 spiro atoms. The van der Waals surface area contributed by atoms with Crippen LogP contribution in [0.15, 0.2) is 53.5 Å². The lowest BCUT2D eigenvalue weighted by Gasteiger charge is -2.41. The Morgan fingerprint density at radius 2 is 2.00 bits per heavy atom. The Hall–Kier alpha value is -2.69. The van der Waals surface area contributed by atoms with Crippen LogP contribution in [0.3, 0.4) is 0 Å². The van der Waals surface area contributed by atoms with Crippen LogP contribution in [0, 0.1) is 0 Å². The second-order valence-corrected chi connectivity index (χ2v) is 7.44. The number of guanidine groups is 1. The predicted octanol–water partition coefficient (Wildman–Crippen LogP) is 3.55. The zero-order valence-corrected chi connectivity index (χ0v) is 15.8. The first-order valence-electron chi connectivity index (χ1n) is 9.63. The van der Waals surface area contributed by atoms with E-state index in [9.17, 15) is 0 Å². The Labute approximate surface area is 160 Å². The van der Waals surface area contributed by atoms with Gasteiger partial charge in [0.2, 0.25) is 0 Å². The monoisotopic (exact) mass is 365 g/mol. The Bertz CT molecular complexity index is 813. The maximum absolute atomic E-state index is 6.25. The van der Waals surface area contributed by atoms with Crippen LogP contribution in [0.5, 0.6) is 11.5 Å². The Morgan fingerprint density at radius 3 is 2.70 bits per heavy atom. The number of hydrogen-bond acceptors (Lipinski definition) is 3. The van der Waals surface area contributed by atoms with Crippen LogP contribution in [0.4, 0.5) is 0 Å². The number of fused-ring (bicyclic) bond motifs is 1. The quantitative estimate of drug-likeness (QED) is 0.628. The highest BCUT2D eigenvalue weighted by Gasteiger charge is 2.38. The zero-order valence-electron chi connectivity index (χ0n) is 15.8. The zero-order chi connectivity index (χ0) is 18.7. The first kappa shape index (κ1) is 17.7. The highest BCUT2D eigenvalue weighted by molar-refractivity contribution is 5.78. The molecule has 5 nitrogen and oxygen atoms in total. The molecule has 1 heterocycles. The van der Waals surface area contributed by atoms with E-state index in [0.29, 0.717) is 19.1 Å². The minimum absolute atomic E-state index is 0.103. The fraction of sp³-hybridized carbons (Fsp3) is 0.409. The molecule has 2 aliphatic rings. The lowest BCUT2D eigenvalue weighted by atomic mass is 9.64. The molecule has 3 N–H and O–H groups in total. The van der Waals surface area contributed by atoms with Crippen molar-refractivity contribution in [3.63, 3.8) is 0 Å². The number of benzene rings is 2. The summed E-state index contributed by atoms with van der Waals surface area (Å²) in [6, 6.07) is 16.6. The summed E-state index contributed by atoms with van der Waals surface area (Å²) in [7, 11) is 1.69. The van der Waals surface area contributed by atoms with E-state index in [1.807, 2.05) is 30.3 Å². The van der Waals surface area contributed by atoms with Gasteiger partial charge in [0, 0.05) is 17.4 Å². The van der Waals surface area contributed by atoms with Crippen LogP contribution >= 0.6 is 0 Å². The van der Waals surface area contributed by atoms with Crippen molar-refractivity contribution in [3.8, 4) is 11.5 Å². The average molecular weight is 365 g/mol. The molecule has 0 aromatic heterocycles. The molecule has 0 amide bonds. The molecule has 2 aromatic rings. The van der Waals surface area contributed by atoms with Crippen LogP contribution in [0.2, 0.25) is 0 Å². The van der Waals surface area contributed by atoms with Gasteiger partial charge in [-0.1, -0.05) is 36.8 Å². The summed E-state index contributed by atoms with van der Waals surface area (Å²) in [6.07, 6.45) is 4.42. The number of methoxy groups -OCH3 is 1. The third kappa shape index (κ3) is 3.59. The molecule has 1 saturated carbocycles. The summed E-state index contributed by atoms with van der Waals surface area (Å²) in [5.74, 6) is 2.33. The van der Waals surface area contributed by atoms with E-state index in [1.54, 1.807) is 7.11 Å². The maximum Gasteiger partial charge on any atom is 0.189 e. The van der Waals surface area contributed by atoms with Gasteiger partial charge in [0.15, 0.2) is 5.96 Å². The molecule has 0 bridgehead atoms. The van der Waals surface area contributed by atoms with Gasteiger partial charge in [-0.2, -0.15) is 0 Å². The molecular weight excluding hydrogens is 338 g/mol. The number of ether oxygens (including phenoxy) is 2. The van der Waals surface area contributed by atoms with E-state index in [0.717, 1.165) is 36.3 Å². The van der Waals surface area contributed by atoms with Gasteiger partial charge in [-0.05, 0) is 36.6 Å². The van der Waals surface area contributed by atoms with Crippen molar-refractivity contribution < 1.29 is 9.47 Å². The average Bonchev–Trinajstić information content (AvgIpc) is 2.68. The molecule has 2 aromatic carbocycles. The van der Waals surface area contributed by atoms with Crippen LogP contribution in [-0.4, -0.2) is 26.2 Å². The van der Waals surface area contributed by atoms with Gasteiger partial charge in [0.25, 0.3) is 0 Å². The third-order valence-corrected chi connectivity index (χ3v) is 5.85. The fourth-order valence-electron chi connectivity index (χ4n) is 4.04. The van der Waals surface area contributed by atoms with Crippen LogP contribution < -0.4 is 20.5 Å². The van der Waals surface area contributed by atoms with Gasteiger partial charge in [0.05, 0.1) is 26.3 Å². The van der Waals surface area contributed by atoms with Gasteiger partial charge in [0.1, 0.15) is 11.5 Å². The number of nitrogens with zero attached hydrogens (tertiary/aromatic N) is 1. The summed E-state index contributed by atoms with van der Waals surface area (Å²) in [4.78, 5) is 4.72. The van der Waals surface area contributed by atoms with Crippen molar-refractivity contribution in [2.75, 3.05) is 20.3 Å². The van der Waals surface area contributed by atoms with Crippen LogP contribution in [-0.2, 0) is 5.41 Å². The van der Waals surface area contributed by atoms with Crippen LogP contribution in [0.25, 0.3) is 0 Å². The summed E-state index contributed by atoms with van der Waals surface area (Å²) < 4.78 is 11.0. The van der Waals surface area contributed by atoms with E-state index < -0.39 is 0 Å². The Balaban J connectivity index is 1.45. The molecule has 1 aliphatic heterocycles. The van der Waals surface area contributed by atoms with Gasteiger partial charge in [-0.3, -0.25) is 4.99 Å². The fourth-order valence-corrected chi connectivity index (χ4v) is 4.04. The molecule has 27 heavy (non-hydrogen) atoms. The van der Waals surface area contributed by atoms with Crippen molar-refractivity contribution in [3.05, 3.63) is 59.7 Å². The largest absolute Gasteiger partial charge is 0.497 e. The van der Waals surface area contributed by atoms with E-state index in [2.05, 4.69) is 23.5 Å². The number of para-hydroxylation sites is 1. The van der Waals surface area contributed by atoms with E-state index in [4.69, 9.17) is 20.2 Å². The Morgan fingerprint density at radius 1 is 1.22 bits per heavy atom. The highest BCUT2D eigenvalue weighted by atomic mass is 16.5.